The molecule has 0 radical (unpaired) electrons. The van der Waals surface area contributed by atoms with Crippen molar-refractivity contribution in [2.45, 2.75) is 24.8 Å². The van der Waals surface area contributed by atoms with Gasteiger partial charge < -0.3 is 15.7 Å². The highest BCUT2D eigenvalue weighted by atomic mass is 35.5. The molecular weight excluding hydrogens is 322 g/mol. The summed E-state index contributed by atoms with van der Waals surface area (Å²) in [6.45, 7) is 3.43. The van der Waals surface area contributed by atoms with Crippen molar-refractivity contribution in [3.05, 3.63) is 22.7 Å². The van der Waals surface area contributed by atoms with Crippen LogP contribution in [0.15, 0.2) is 17.0 Å². The Hall–Kier alpha value is -1.84. The van der Waals surface area contributed by atoms with Gasteiger partial charge in [0.05, 0.1) is 16.3 Å². The molecule has 0 aliphatic heterocycles. The molecule has 0 fully saturated rings. The van der Waals surface area contributed by atoms with Gasteiger partial charge in [0, 0.05) is 6.04 Å². The number of primary sulfonamides is 1. The Balaban J connectivity index is 3.30. The van der Waals surface area contributed by atoms with E-state index in [1.807, 2.05) is 0 Å². The summed E-state index contributed by atoms with van der Waals surface area (Å²) >= 11 is 5.76. The predicted molar refractivity (Wildman–Crippen MR) is 77.1 cm³/mol. The van der Waals surface area contributed by atoms with Gasteiger partial charge in [-0.05, 0) is 26.0 Å². The predicted octanol–water partition coefficient (Wildman–Crippen LogP) is 1.22. The fourth-order valence-electron chi connectivity index (χ4n) is 1.47. The van der Waals surface area contributed by atoms with Gasteiger partial charge >= 0.3 is 12.0 Å². The van der Waals surface area contributed by atoms with Crippen LogP contribution >= 0.6 is 11.6 Å². The first-order chi connectivity index (χ1) is 9.52. The summed E-state index contributed by atoms with van der Waals surface area (Å²) in [6.07, 6.45) is 0. The number of carbonyl (C=O) groups is 2. The molecule has 21 heavy (non-hydrogen) atoms. The minimum atomic E-state index is -4.18. The Morgan fingerprint density at radius 1 is 1.33 bits per heavy atom. The van der Waals surface area contributed by atoms with Gasteiger partial charge in [0.25, 0.3) is 0 Å². The van der Waals surface area contributed by atoms with Crippen molar-refractivity contribution in [3.8, 4) is 0 Å². The topological polar surface area (TPSA) is 139 Å². The standard InChI is InChI=1S/C11H14ClN3O5S/c1-5(2)14-11(18)15-8-4-7(12)9(21(13,19)20)3-6(8)10(16)17/h3-5H,1-2H3,(H,16,17)(H2,13,19,20)(H2,14,15,18). The Kier molecular flexibility index (Phi) is 5.15. The smallest absolute Gasteiger partial charge is 0.337 e. The fraction of sp³-hybridized carbons (Fsp3) is 0.273. The zero-order valence-electron chi connectivity index (χ0n) is 11.2. The second-order valence-corrected chi connectivity index (χ2v) is 6.37. The first kappa shape index (κ1) is 17.2. The summed E-state index contributed by atoms with van der Waals surface area (Å²) in [4.78, 5) is 22.2. The molecule has 0 saturated carbocycles. The molecule has 0 spiro atoms. The van der Waals surface area contributed by atoms with E-state index in [2.05, 4.69) is 10.6 Å². The maximum Gasteiger partial charge on any atom is 0.337 e. The highest BCUT2D eigenvalue weighted by Gasteiger charge is 2.21. The third-order valence-corrected chi connectivity index (χ3v) is 3.65. The molecular formula is C11H14ClN3O5S. The van der Waals surface area contributed by atoms with Crippen LogP contribution in [-0.2, 0) is 10.0 Å². The lowest BCUT2D eigenvalue weighted by atomic mass is 10.2. The molecule has 1 rings (SSSR count). The Labute approximate surface area is 126 Å². The largest absolute Gasteiger partial charge is 0.478 e. The van der Waals surface area contributed by atoms with Crippen molar-refractivity contribution < 1.29 is 23.1 Å². The number of urea groups is 1. The van der Waals surface area contributed by atoms with Crippen molar-refractivity contribution in [1.29, 1.82) is 0 Å². The lowest BCUT2D eigenvalue weighted by Crippen LogP contribution is -2.34. The highest BCUT2D eigenvalue weighted by molar-refractivity contribution is 7.89. The molecule has 1 aromatic carbocycles. The second-order valence-electron chi connectivity index (χ2n) is 4.43. The summed E-state index contributed by atoms with van der Waals surface area (Å²) in [5.74, 6) is -1.43. The van der Waals surface area contributed by atoms with Crippen LogP contribution in [0.25, 0.3) is 0 Å². The van der Waals surface area contributed by atoms with E-state index in [0.29, 0.717) is 0 Å². The van der Waals surface area contributed by atoms with Gasteiger partial charge in [-0.2, -0.15) is 0 Å². The normalized spacial score (nSPS) is 11.3. The van der Waals surface area contributed by atoms with Crippen LogP contribution in [0, 0.1) is 0 Å². The fourth-order valence-corrected chi connectivity index (χ4v) is 2.57. The molecule has 0 bridgehead atoms. The zero-order chi connectivity index (χ0) is 16.4. The van der Waals surface area contributed by atoms with Gasteiger partial charge in [0.15, 0.2) is 0 Å². The second kappa shape index (κ2) is 6.29. The lowest BCUT2D eigenvalue weighted by molar-refractivity contribution is 0.0698. The first-order valence-electron chi connectivity index (χ1n) is 5.69. The van der Waals surface area contributed by atoms with Crippen LogP contribution in [0.5, 0.6) is 0 Å². The van der Waals surface area contributed by atoms with E-state index in [1.165, 1.54) is 0 Å². The number of rotatable bonds is 4. The van der Waals surface area contributed by atoms with Gasteiger partial charge in [0.2, 0.25) is 10.0 Å². The van der Waals surface area contributed by atoms with E-state index in [9.17, 15) is 18.0 Å². The minimum Gasteiger partial charge on any atom is -0.478 e. The number of hydrogen-bond donors (Lipinski definition) is 4. The average molecular weight is 336 g/mol. The molecule has 8 nitrogen and oxygen atoms in total. The van der Waals surface area contributed by atoms with Gasteiger partial charge in [-0.15, -0.1) is 0 Å². The molecule has 0 aliphatic carbocycles. The maximum atomic E-state index is 11.6. The van der Waals surface area contributed by atoms with Crippen molar-refractivity contribution >= 4 is 39.3 Å². The molecule has 1 aromatic rings. The highest BCUT2D eigenvalue weighted by Crippen LogP contribution is 2.28. The molecule has 10 heteroatoms. The maximum absolute atomic E-state index is 11.6. The van der Waals surface area contributed by atoms with E-state index < -0.39 is 32.5 Å². The number of carboxylic acids is 1. The number of carboxylic acid groups (broad SMARTS) is 1. The monoisotopic (exact) mass is 335 g/mol. The van der Waals surface area contributed by atoms with E-state index >= 15 is 0 Å². The van der Waals surface area contributed by atoms with Crippen LogP contribution in [-0.4, -0.2) is 31.6 Å². The first-order valence-corrected chi connectivity index (χ1v) is 7.62. The molecule has 5 N–H and O–H groups in total. The number of nitrogens with two attached hydrogens (primary N) is 1. The molecule has 0 aromatic heterocycles. The van der Waals surface area contributed by atoms with Crippen LogP contribution in [0.4, 0.5) is 10.5 Å². The van der Waals surface area contributed by atoms with E-state index in [-0.39, 0.29) is 16.8 Å². The van der Waals surface area contributed by atoms with E-state index in [4.69, 9.17) is 21.8 Å². The van der Waals surface area contributed by atoms with Crippen molar-refractivity contribution in [1.82, 2.24) is 5.32 Å². The van der Waals surface area contributed by atoms with Crippen LogP contribution < -0.4 is 15.8 Å². The molecule has 0 saturated heterocycles. The third-order valence-electron chi connectivity index (χ3n) is 2.28. The molecule has 0 atom stereocenters. The van der Waals surface area contributed by atoms with Gasteiger partial charge in [-0.1, -0.05) is 11.6 Å². The number of aromatic carboxylic acids is 1. The number of hydrogen-bond acceptors (Lipinski definition) is 4. The third kappa shape index (κ3) is 4.59. The van der Waals surface area contributed by atoms with Crippen molar-refractivity contribution in [3.63, 3.8) is 0 Å². The Morgan fingerprint density at radius 2 is 1.90 bits per heavy atom. The molecule has 0 aliphatic rings. The Morgan fingerprint density at radius 3 is 2.33 bits per heavy atom. The summed E-state index contributed by atoms with van der Waals surface area (Å²) in [5.41, 5.74) is -0.583. The molecule has 2 amide bonds. The van der Waals surface area contributed by atoms with Crippen molar-refractivity contribution in [2.24, 2.45) is 5.14 Å². The van der Waals surface area contributed by atoms with E-state index in [1.54, 1.807) is 13.8 Å². The minimum absolute atomic E-state index is 0.141. The van der Waals surface area contributed by atoms with Crippen molar-refractivity contribution in [2.75, 3.05) is 5.32 Å². The molecule has 0 heterocycles. The SMILES string of the molecule is CC(C)NC(=O)Nc1cc(Cl)c(S(N)(=O)=O)cc1C(=O)O. The number of benzene rings is 1. The number of nitrogens with one attached hydrogen (secondary N) is 2. The van der Waals surface area contributed by atoms with Gasteiger partial charge in [-0.3, -0.25) is 0 Å². The summed E-state index contributed by atoms with van der Waals surface area (Å²) in [6, 6.07) is 1.000. The molecule has 116 valence electrons. The van der Waals surface area contributed by atoms with Gasteiger partial charge in [-0.25, -0.2) is 23.1 Å². The van der Waals surface area contributed by atoms with Crippen LogP contribution in [0.1, 0.15) is 24.2 Å². The number of sulfonamides is 1. The summed E-state index contributed by atoms with van der Waals surface area (Å²) < 4.78 is 22.6. The summed E-state index contributed by atoms with van der Waals surface area (Å²) in [7, 11) is -4.18. The van der Waals surface area contributed by atoms with Crippen LogP contribution in [0.3, 0.4) is 0 Å². The summed E-state index contributed by atoms with van der Waals surface area (Å²) in [5, 5.41) is 18.5. The van der Waals surface area contributed by atoms with Crippen LogP contribution in [0.2, 0.25) is 5.02 Å². The average Bonchev–Trinajstić information content (AvgIpc) is 2.24. The number of anilines is 1. The quantitative estimate of drug-likeness (QED) is 0.655. The number of carbonyl (C=O) groups excluding carboxylic acids is 1. The Bertz CT molecular complexity index is 687. The number of halogens is 1. The van der Waals surface area contributed by atoms with Gasteiger partial charge in [0.1, 0.15) is 4.90 Å². The zero-order valence-corrected chi connectivity index (χ0v) is 12.7. The lowest BCUT2D eigenvalue weighted by Gasteiger charge is -2.13. The number of amides is 2. The molecule has 0 unspecified atom stereocenters. The van der Waals surface area contributed by atoms with E-state index in [0.717, 1.165) is 12.1 Å².